The van der Waals surface area contributed by atoms with Crippen molar-refractivity contribution in [1.29, 1.82) is 0 Å². The predicted molar refractivity (Wildman–Crippen MR) is 96.7 cm³/mol. The molecule has 0 aliphatic rings. The number of ether oxygens (including phenoxy) is 1. The number of ketones is 1. The van der Waals surface area contributed by atoms with E-state index >= 15 is 0 Å². The number of nitrogens with zero attached hydrogens (tertiary/aromatic N) is 4. The van der Waals surface area contributed by atoms with E-state index in [9.17, 15) is 4.79 Å². The Morgan fingerprint density at radius 3 is 2.72 bits per heavy atom. The third kappa shape index (κ3) is 4.23. The van der Waals surface area contributed by atoms with Crippen LogP contribution in [0, 0.1) is 0 Å². The summed E-state index contributed by atoms with van der Waals surface area (Å²) in [5.41, 5.74) is 10.5. The van der Waals surface area contributed by atoms with Crippen LogP contribution in [0.4, 0.5) is 0 Å². The molecule has 1 heterocycles. The molecule has 0 saturated carbocycles. The number of Topliss-reactive ketones (excluding diaryl/α,β-unsaturated/α-hetero) is 1. The summed E-state index contributed by atoms with van der Waals surface area (Å²) in [6.07, 6.45) is 0. The van der Waals surface area contributed by atoms with Crippen LogP contribution in [-0.4, -0.2) is 17.3 Å². The monoisotopic (exact) mass is 350 g/mol. The largest absolute Gasteiger partial charge is 0.488 e. The molecule has 3 aromatic rings. The van der Waals surface area contributed by atoms with E-state index in [-0.39, 0.29) is 12.3 Å². The Morgan fingerprint density at radius 1 is 1.16 bits per heavy atom. The quantitative estimate of drug-likeness (QED) is 0.263. The minimum atomic E-state index is -0.303. The van der Waals surface area contributed by atoms with Crippen molar-refractivity contribution in [2.45, 2.75) is 6.61 Å². The zero-order valence-corrected chi connectivity index (χ0v) is 14.0. The lowest BCUT2D eigenvalue weighted by atomic mass is 10.2. The van der Waals surface area contributed by atoms with Crippen molar-refractivity contribution < 1.29 is 9.53 Å². The number of aromatic nitrogens is 1. The minimum absolute atomic E-state index is 0.230. The smallest absolute Gasteiger partial charge is 0.187 e. The normalized spacial score (nSPS) is 10.1. The maximum Gasteiger partial charge on any atom is 0.187 e. The molecule has 7 heteroatoms. The van der Waals surface area contributed by atoms with Crippen molar-refractivity contribution in [3.8, 4) is 16.3 Å². The van der Waals surface area contributed by atoms with Crippen molar-refractivity contribution in [3.63, 3.8) is 0 Å². The summed E-state index contributed by atoms with van der Waals surface area (Å²) in [5.74, 6) is 0.401. The second-order valence-electron chi connectivity index (χ2n) is 5.12. The van der Waals surface area contributed by atoms with Gasteiger partial charge in [0.1, 0.15) is 23.1 Å². The van der Waals surface area contributed by atoms with E-state index in [1.165, 1.54) is 11.3 Å². The summed E-state index contributed by atoms with van der Waals surface area (Å²) in [6.45, 7) is 0.220. The van der Waals surface area contributed by atoms with Gasteiger partial charge in [0.15, 0.2) is 5.78 Å². The fraction of sp³-hybridized carbons (Fsp3) is 0.111. The van der Waals surface area contributed by atoms with Gasteiger partial charge in [0, 0.05) is 10.3 Å². The third-order valence-electron chi connectivity index (χ3n) is 3.42. The summed E-state index contributed by atoms with van der Waals surface area (Å²) >= 11 is 1.35. The maximum atomic E-state index is 11.9. The highest BCUT2D eigenvalue weighted by atomic mass is 32.1. The van der Waals surface area contributed by atoms with Crippen molar-refractivity contribution >= 4 is 17.1 Å². The van der Waals surface area contributed by atoms with E-state index < -0.39 is 0 Å². The molecule has 124 valence electrons. The number of para-hydroxylation sites is 1. The van der Waals surface area contributed by atoms with E-state index in [1.807, 2.05) is 54.6 Å². The molecule has 0 unspecified atom stereocenters. The first-order valence-electron chi connectivity index (χ1n) is 7.53. The molecule has 0 bridgehead atoms. The van der Waals surface area contributed by atoms with Gasteiger partial charge in [0.25, 0.3) is 0 Å². The Labute approximate surface area is 148 Å². The minimum Gasteiger partial charge on any atom is -0.488 e. The van der Waals surface area contributed by atoms with Crippen LogP contribution in [-0.2, 0) is 6.61 Å². The Kier molecular flexibility index (Phi) is 5.41. The molecule has 0 radical (unpaired) electrons. The van der Waals surface area contributed by atoms with Crippen LogP contribution in [0.2, 0.25) is 0 Å². The van der Waals surface area contributed by atoms with Gasteiger partial charge in [-0.1, -0.05) is 47.6 Å². The average molecular weight is 350 g/mol. The van der Waals surface area contributed by atoms with Gasteiger partial charge in [-0.15, -0.1) is 11.3 Å². The van der Waals surface area contributed by atoms with E-state index in [4.69, 9.17) is 10.3 Å². The van der Waals surface area contributed by atoms with Crippen LogP contribution in [0.3, 0.4) is 0 Å². The summed E-state index contributed by atoms with van der Waals surface area (Å²) in [7, 11) is 0. The topological polar surface area (TPSA) is 88.0 Å². The number of hydrogen-bond acceptors (Lipinski definition) is 5. The van der Waals surface area contributed by atoms with Gasteiger partial charge in [0.05, 0.1) is 12.1 Å². The summed E-state index contributed by atoms with van der Waals surface area (Å²) in [5, 5.41) is 5.63. The van der Waals surface area contributed by atoms with E-state index in [1.54, 1.807) is 5.38 Å². The molecule has 0 amide bonds. The predicted octanol–water partition coefficient (Wildman–Crippen LogP) is 4.88. The molecule has 0 saturated heterocycles. The van der Waals surface area contributed by atoms with Crippen molar-refractivity contribution in [1.82, 2.24) is 4.98 Å². The first-order valence-corrected chi connectivity index (χ1v) is 8.41. The second-order valence-corrected chi connectivity index (χ2v) is 5.98. The van der Waals surface area contributed by atoms with E-state index in [2.05, 4.69) is 15.0 Å². The lowest BCUT2D eigenvalue weighted by Gasteiger charge is -2.09. The second kappa shape index (κ2) is 8.10. The molecule has 0 aliphatic heterocycles. The highest BCUT2D eigenvalue weighted by Crippen LogP contribution is 2.32. The number of benzene rings is 2. The molecular weight excluding hydrogens is 336 g/mol. The molecule has 0 fully saturated rings. The Morgan fingerprint density at radius 2 is 1.92 bits per heavy atom. The third-order valence-corrected chi connectivity index (χ3v) is 4.30. The highest BCUT2D eigenvalue weighted by Gasteiger charge is 2.14. The van der Waals surface area contributed by atoms with Gasteiger partial charge in [-0.05, 0) is 23.2 Å². The molecule has 0 spiro atoms. The van der Waals surface area contributed by atoms with Crippen molar-refractivity contribution in [3.05, 3.63) is 81.7 Å². The van der Waals surface area contributed by atoms with Crippen LogP contribution in [0.15, 0.2) is 65.1 Å². The Bertz CT molecular complexity index is 918. The molecular formula is C18H14N4O2S. The van der Waals surface area contributed by atoms with E-state index in [0.29, 0.717) is 23.1 Å². The van der Waals surface area contributed by atoms with Crippen LogP contribution >= 0.6 is 11.3 Å². The van der Waals surface area contributed by atoms with Crippen LogP contribution in [0.1, 0.15) is 16.1 Å². The standard InChI is InChI=1S/C18H14N4O2S/c19-22-20-10-16(23)15-12-25-18(21-15)14-8-4-5-9-17(14)24-11-13-6-2-1-3-7-13/h1-9,12H,10-11H2. The average Bonchev–Trinajstić information content (AvgIpc) is 3.15. The molecule has 0 N–H and O–H groups in total. The number of hydrogen-bond donors (Lipinski definition) is 0. The number of thiazole rings is 1. The Balaban J connectivity index is 1.80. The molecule has 2 aromatic carbocycles. The lowest BCUT2D eigenvalue weighted by molar-refractivity contribution is 0.0997. The van der Waals surface area contributed by atoms with Crippen LogP contribution < -0.4 is 4.74 Å². The number of rotatable bonds is 7. The molecule has 0 aliphatic carbocycles. The van der Waals surface area contributed by atoms with Gasteiger partial charge < -0.3 is 4.74 Å². The zero-order valence-electron chi connectivity index (χ0n) is 13.2. The Hall–Kier alpha value is -3.15. The summed E-state index contributed by atoms with van der Waals surface area (Å²) in [4.78, 5) is 18.8. The highest BCUT2D eigenvalue weighted by molar-refractivity contribution is 7.13. The summed E-state index contributed by atoms with van der Waals surface area (Å²) in [6, 6.07) is 17.5. The molecule has 6 nitrogen and oxygen atoms in total. The molecule has 1 aromatic heterocycles. The first-order chi connectivity index (χ1) is 12.3. The van der Waals surface area contributed by atoms with Gasteiger partial charge in [-0.2, -0.15) is 0 Å². The fourth-order valence-electron chi connectivity index (χ4n) is 2.21. The van der Waals surface area contributed by atoms with Gasteiger partial charge in [0.2, 0.25) is 0 Å². The summed E-state index contributed by atoms with van der Waals surface area (Å²) < 4.78 is 5.93. The van der Waals surface area contributed by atoms with Crippen molar-refractivity contribution in [2.75, 3.05) is 6.54 Å². The van der Waals surface area contributed by atoms with Gasteiger partial charge >= 0.3 is 0 Å². The molecule has 25 heavy (non-hydrogen) atoms. The zero-order chi connectivity index (χ0) is 17.5. The number of carbonyl (C=O) groups excluding carboxylic acids is 1. The van der Waals surface area contributed by atoms with Crippen molar-refractivity contribution in [2.24, 2.45) is 5.11 Å². The fourth-order valence-corrected chi connectivity index (χ4v) is 3.06. The number of azide groups is 1. The molecule has 0 atom stereocenters. The lowest BCUT2D eigenvalue weighted by Crippen LogP contribution is -2.03. The van der Waals surface area contributed by atoms with E-state index in [0.717, 1.165) is 11.1 Å². The first kappa shape index (κ1) is 16.7. The number of carbonyl (C=O) groups is 1. The molecule has 3 rings (SSSR count). The van der Waals surface area contributed by atoms with Crippen LogP contribution in [0.25, 0.3) is 21.0 Å². The SMILES string of the molecule is [N-]=[N+]=NCC(=O)c1csc(-c2ccccc2OCc2ccccc2)n1. The van der Waals surface area contributed by atoms with Gasteiger partial charge in [-0.25, -0.2) is 4.98 Å². The maximum absolute atomic E-state index is 11.9. The van der Waals surface area contributed by atoms with Crippen LogP contribution in [0.5, 0.6) is 5.75 Å². The van der Waals surface area contributed by atoms with Gasteiger partial charge in [-0.3, -0.25) is 4.79 Å².